The first-order valence-electron chi connectivity index (χ1n) is 6.21. The van der Waals surface area contributed by atoms with Crippen LogP contribution in [0.25, 0.3) is 0 Å². The molecule has 0 aliphatic heterocycles. The summed E-state index contributed by atoms with van der Waals surface area (Å²) in [6, 6.07) is 0. The average molecular weight is 290 g/mol. The molecule has 1 aromatic rings. The number of aryl methyl sites for hydroxylation is 1. The summed E-state index contributed by atoms with van der Waals surface area (Å²) in [5.41, 5.74) is 5.69. The third-order valence-electron chi connectivity index (χ3n) is 2.72. The molecule has 8 heteroatoms. The van der Waals surface area contributed by atoms with Gasteiger partial charge in [-0.3, -0.25) is 4.68 Å². The fourth-order valence-corrected chi connectivity index (χ4v) is 2.95. The minimum Gasteiger partial charge on any atom is -0.385 e. The van der Waals surface area contributed by atoms with Gasteiger partial charge in [-0.2, -0.15) is 5.10 Å². The summed E-state index contributed by atoms with van der Waals surface area (Å²) in [5, 5.41) is 4.01. The maximum absolute atomic E-state index is 12.3. The first kappa shape index (κ1) is 15.9. The van der Waals surface area contributed by atoms with E-state index in [1.165, 1.54) is 17.5 Å². The van der Waals surface area contributed by atoms with Gasteiger partial charge in [0.05, 0.1) is 0 Å². The lowest BCUT2D eigenvalue weighted by Crippen LogP contribution is -2.28. The van der Waals surface area contributed by atoms with E-state index in [9.17, 15) is 8.42 Å². The number of nitrogens with two attached hydrogens (primary N) is 1. The molecule has 1 heterocycles. The molecular weight excluding hydrogens is 268 g/mol. The van der Waals surface area contributed by atoms with Gasteiger partial charge in [0.1, 0.15) is 4.90 Å². The molecule has 0 spiro atoms. The van der Waals surface area contributed by atoms with Crippen LogP contribution in [0.3, 0.4) is 0 Å². The fourth-order valence-electron chi connectivity index (χ4n) is 1.68. The van der Waals surface area contributed by atoms with Crippen LogP contribution in [0.15, 0.2) is 11.1 Å². The van der Waals surface area contributed by atoms with Crippen molar-refractivity contribution in [3.63, 3.8) is 0 Å². The molecule has 0 amide bonds. The smallest absolute Gasteiger partial charge is 0.248 e. The van der Waals surface area contributed by atoms with E-state index in [-0.39, 0.29) is 10.7 Å². The van der Waals surface area contributed by atoms with E-state index in [1.54, 1.807) is 11.8 Å². The van der Waals surface area contributed by atoms with Crippen molar-refractivity contribution in [2.24, 2.45) is 0 Å². The standard InChI is InChI=1S/C11H22N4O3S/c1-4-6-15-9-10(11(12)13-15)19(16,17)14(2)7-5-8-18-3/h9H,4-8H2,1-3H3,(H2,12,13). The van der Waals surface area contributed by atoms with Crippen molar-refractivity contribution in [2.45, 2.75) is 31.2 Å². The number of ether oxygens (including phenoxy) is 1. The van der Waals surface area contributed by atoms with Crippen molar-refractivity contribution in [3.05, 3.63) is 6.20 Å². The summed E-state index contributed by atoms with van der Waals surface area (Å²) in [7, 11) is -0.464. The van der Waals surface area contributed by atoms with E-state index >= 15 is 0 Å². The Morgan fingerprint density at radius 3 is 2.79 bits per heavy atom. The van der Waals surface area contributed by atoms with Crippen LogP contribution in [0.1, 0.15) is 19.8 Å². The molecule has 0 bridgehead atoms. The van der Waals surface area contributed by atoms with Crippen LogP contribution in [0.5, 0.6) is 0 Å². The number of hydrogen-bond acceptors (Lipinski definition) is 5. The number of rotatable bonds is 8. The number of methoxy groups -OCH3 is 1. The Hall–Kier alpha value is -1.12. The van der Waals surface area contributed by atoms with Crippen LogP contribution < -0.4 is 5.73 Å². The molecule has 0 unspecified atom stereocenters. The van der Waals surface area contributed by atoms with Crippen molar-refractivity contribution in [2.75, 3.05) is 33.0 Å². The summed E-state index contributed by atoms with van der Waals surface area (Å²) in [6.45, 7) is 3.54. The van der Waals surface area contributed by atoms with Crippen LogP contribution in [-0.2, 0) is 21.3 Å². The summed E-state index contributed by atoms with van der Waals surface area (Å²) < 4.78 is 32.4. The molecule has 0 saturated heterocycles. The minimum absolute atomic E-state index is 0.0482. The van der Waals surface area contributed by atoms with Gasteiger partial charge in [-0.1, -0.05) is 6.92 Å². The van der Waals surface area contributed by atoms with Crippen molar-refractivity contribution in [3.8, 4) is 0 Å². The SMILES string of the molecule is CCCn1cc(S(=O)(=O)N(C)CCCOC)c(N)n1. The molecule has 19 heavy (non-hydrogen) atoms. The number of nitrogen functional groups attached to an aromatic ring is 1. The van der Waals surface area contributed by atoms with Gasteiger partial charge in [0, 0.05) is 40.1 Å². The molecular formula is C11H22N4O3S. The summed E-state index contributed by atoms with van der Waals surface area (Å²) in [4.78, 5) is 0.0702. The van der Waals surface area contributed by atoms with Crippen LogP contribution in [0.2, 0.25) is 0 Å². The normalized spacial score (nSPS) is 12.2. The van der Waals surface area contributed by atoms with E-state index < -0.39 is 10.0 Å². The Morgan fingerprint density at radius 1 is 1.53 bits per heavy atom. The predicted molar refractivity (Wildman–Crippen MR) is 73.2 cm³/mol. The van der Waals surface area contributed by atoms with Gasteiger partial charge in [0.25, 0.3) is 0 Å². The zero-order valence-electron chi connectivity index (χ0n) is 11.7. The highest BCUT2D eigenvalue weighted by molar-refractivity contribution is 7.89. The quantitative estimate of drug-likeness (QED) is 0.705. The number of aromatic nitrogens is 2. The second kappa shape index (κ2) is 6.88. The van der Waals surface area contributed by atoms with Gasteiger partial charge in [-0.05, 0) is 12.8 Å². The van der Waals surface area contributed by atoms with Crippen molar-refractivity contribution in [1.82, 2.24) is 14.1 Å². The number of sulfonamides is 1. The molecule has 7 nitrogen and oxygen atoms in total. The van der Waals surface area contributed by atoms with E-state index in [1.807, 2.05) is 6.92 Å². The van der Waals surface area contributed by atoms with Crippen LogP contribution >= 0.6 is 0 Å². The largest absolute Gasteiger partial charge is 0.385 e. The Morgan fingerprint density at radius 2 is 2.21 bits per heavy atom. The summed E-state index contributed by atoms with van der Waals surface area (Å²) in [5.74, 6) is 0.0482. The van der Waals surface area contributed by atoms with E-state index in [0.29, 0.717) is 26.1 Å². The second-order valence-corrected chi connectivity index (χ2v) is 6.33. The first-order chi connectivity index (χ1) is 8.93. The second-order valence-electron chi connectivity index (χ2n) is 4.31. The van der Waals surface area contributed by atoms with Crippen LogP contribution in [0, 0.1) is 0 Å². The monoisotopic (exact) mass is 290 g/mol. The Kier molecular flexibility index (Phi) is 5.77. The van der Waals surface area contributed by atoms with Gasteiger partial charge in [-0.25, -0.2) is 12.7 Å². The van der Waals surface area contributed by atoms with Crippen molar-refractivity contribution < 1.29 is 13.2 Å². The predicted octanol–water partition coefficient (Wildman–Crippen LogP) is 0.532. The summed E-state index contributed by atoms with van der Waals surface area (Å²) in [6.07, 6.45) is 2.99. The lowest BCUT2D eigenvalue weighted by Gasteiger charge is -2.15. The van der Waals surface area contributed by atoms with E-state index in [4.69, 9.17) is 10.5 Å². The van der Waals surface area contributed by atoms with Gasteiger partial charge in [0.2, 0.25) is 10.0 Å². The highest BCUT2D eigenvalue weighted by atomic mass is 32.2. The van der Waals surface area contributed by atoms with Crippen LogP contribution in [0.4, 0.5) is 5.82 Å². The third kappa shape index (κ3) is 3.92. The summed E-state index contributed by atoms with van der Waals surface area (Å²) >= 11 is 0. The number of nitrogens with zero attached hydrogens (tertiary/aromatic N) is 3. The van der Waals surface area contributed by atoms with E-state index in [0.717, 1.165) is 6.42 Å². The Balaban J connectivity index is 2.86. The molecule has 0 radical (unpaired) electrons. The Bertz CT molecular complexity index is 498. The molecule has 110 valence electrons. The van der Waals surface area contributed by atoms with Crippen molar-refractivity contribution >= 4 is 15.8 Å². The maximum Gasteiger partial charge on any atom is 0.248 e. The molecule has 0 aliphatic rings. The zero-order chi connectivity index (χ0) is 14.5. The van der Waals surface area contributed by atoms with Gasteiger partial charge in [-0.15, -0.1) is 0 Å². The molecule has 0 fully saturated rings. The number of anilines is 1. The fraction of sp³-hybridized carbons (Fsp3) is 0.727. The van der Waals surface area contributed by atoms with Gasteiger partial charge < -0.3 is 10.5 Å². The molecule has 0 aliphatic carbocycles. The lowest BCUT2D eigenvalue weighted by molar-refractivity contribution is 0.189. The Labute approximate surface area is 114 Å². The molecule has 0 saturated carbocycles. The zero-order valence-corrected chi connectivity index (χ0v) is 12.5. The lowest BCUT2D eigenvalue weighted by atomic mass is 10.5. The molecule has 1 aromatic heterocycles. The number of hydrogen-bond donors (Lipinski definition) is 1. The highest BCUT2D eigenvalue weighted by Gasteiger charge is 2.25. The average Bonchev–Trinajstić information content (AvgIpc) is 2.71. The third-order valence-corrected chi connectivity index (χ3v) is 4.59. The molecule has 0 aromatic carbocycles. The van der Waals surface area contributed by atoms with Gasteiger partial charge in [0.15, 0.2) is 5.82 Å². The maximum atomic E-state index is 12.3. The molecule has 0 atom stereocenters. The minimum atomic E-state index is -3.58. The van der Waals surface area contributed by atoms with Gasteiger partial charge >= 0.3 is 0 Å². The first-order valence-corrected chi connectivity index (χ1v) is 7.65. The molecule has 1 rings (SSSR count). The topological polar surface area (TPSA) is 90.5 Å². The molecule has 2 N–H and O–H groups in total. The van der Waals surface area contributed by atoms with Crippen LogP contribution in [-0.4, -0.2) is 49.8 Å². The van der Waals surface area contributed by atoms with E-state index in [2.05, 4.69) is 5.10 Å². The van der Waals surface area contributed by atoms with Crippen molar-refractivity contribution in [1.29, 1.82) is 0 Å². The highest BCUT2D eigenvalue weighted by Crippen LogP contribution is 2.20.